The standard InChI is InChI=1S/C11H12N2O/c1-8(2)10-12-11(14-13-10)9-6-4-3-5-7-9/h3-8H,1-2H3. The molecule has 0 atom stereocenters. The lowest BCUT2D eigenvalue weighted by molar-refractivity contribution is 0.419. The molecule has 0 fully saturated rings. The van der Waals surface area contributed by atoms with Crippen molar-refractivity contribution in [2.45, 2.75) is 19.8 Å². The van der Waals surface area contributed by atoms with Crippen LogP contribution in [0.4, 0.5) is 0 Å². The molecule has 0 aliphatic carbocycles. The van der Waals surface area contributed by atoms with Crippen LogP contribution in [0.15, 0.2) is 34.9 Å². The molecule has 1 heterocycles. The quantitative estimate of drug-likeness (QED) is 0.727. The molecule has 0 aliphatic heterocycles. The van der Waals surface area contributed by atoms with Crippen molar-refractivity contribution in [2.24, 2.45) is 0 Å². The van der Waals surface area contributed by atoms with Crippen LogP contribution in [-0.2, 0) is 0 Å². The zero-order valence-corrected chi connectivity index (χ0v) is 8.27. The van der Waals surface area contributed by atoms with E-state index < -0.39 is 0 Å². The maximum atomic E-state index is 5.15. The molecule has 0 saturated carbocycles. The van der Waals surface area contributed by atoms with E-state index in [4.69, 9.17) is 4.52 Å². The topological polar surface area (TPSA) is 38.9 Å². The number of hydrogen-bond donors (Lipinski definition) is 0. The molecule has 0 N–H and O–H groups in total. The Bertz CT molecular complexity index is 406. The van der Waals surface area contributed by atoms with Crippen LogP contribution in [0.5, 0.6) is 0 Å². The van der Waals surface area contributed by atoms with E-state index in [9.17, 15) is 0 Å². The summed E-state index contributed by atoms with van der Waals surface area (Å²) in [5, 5.41) is 3.91. The van der Waals surface area contributed by atoms with Crippen molar-refractivity contribution < 1.29 is 4.52 Å². The van der Waals surface area contributed by atoms with Gasteiger partial charge in [0.2, 0.25) is 0 Å². The highest BCUT2D eigenvalue weighted by molar-refractivity contribution is 5.52. The minimum absolute atomic E-state index is 0.302. The van der Waals surface area contributed by atoms with Crippen LogP contribution in [0, 0.1) is 0 Å². The fourth-order valence-electron chi connectivity index (χ4n) is 1.17. The fourth-order valence-corrected chi connectivity index (χ4v) is 1.17. The summed E-state index contributed by atoms with van der Waals surface area (Å²) in [6.45, 7) is 4.08. The summed E-state index contributed by atoms with van der Waals surface area (Å²) >= 11 is 0. The fraction of sp³-hybridized carbons (Fsp3) is 0.273. The predicted molar refractivity (Wildman–Crippen MR) is 53.8 cm³/mol. The number of benzene rings is 1. The second-order valence-corrected chi connectivity index (χ2v) is 3.48. The summed E-state index contributed by atoms with van der Waals surface area (Å²) in [5.41, 5.74) is 0.965. The average Bonchev–Trinajstić information content (AvgIpc) is 2.68. The SMILES string of the molecule is CC(C)c1noc(-c2ccccc2)n1. The Labute approximate surface area is 82.8 Å². The van der Waals surface area contributed by atoms with Gasteiger partial charge in [-0.15, -0.1) is 0 Å². The Kier molecular flexibility index (Phi) is 2.31. The van der Waals surface area contributed by atoms with Crippen LogP contribution in [0.3, 0.4) is 0 Å². The second kappa shape index (κ2) is 3.62. The minimum Gasteiger partial charge on any atom is -0.334 e. The molecule has 2 aromatic rings. The molecular formula is C11H12N2O. The van der Waals surface area contributed by atoms with Gasteiger partial charge in [0.1, 0.15) is 0 Å². The number of aromatic nitrogens is 2. The number of rotatable bonds is 2. The van der Waals surface area contributed by atoms with Crippen LogP contribution in [0.25, 0.3) is 11.5 Å². The molecule has 0 radical (unpaired) electrons. The molecule has 0 saturated heterocycles. The third-order valence-corrected chi connectivity index (χ3v) is 1.98. The van der Waals surface area contributed by atoms with Crippen molar-refractivity contribution in [3.63, 3.8) is 0 Å². The zero-order chi connectivity index (χ0) is 9.97. The van der Waals surface area contributed by atoms with Gasteiger partial charge in [0, 0.05) is 11.5 Å². The molecule has 2 rings (SSSR count). The van der Waals surface area contributed by atoms with E-state index in [1.807, 2.05) is 44.2 Å². The smallest absolute Gasteiger partial charge is 0.257 e. The van der Waals surface area contributed by atoms with Gasteiger partial charge in [0.05, 0.1) is 0 Å². The summed E-state index contributed by atoms with van der Waals surface area (Å²) in [6, 6.07) is 9.78. The number of hydrogen-bond acceptors (Lipinski definition) is 3. The first kappa shape index (κ1) is 8.94. The molecule has 1 aromatic carbocycles. The normalized spacial score (nSPS) is 10.8. The van der Waals surface area contributed by atoms with Crippen molar-refractivity contribution in [2.75, 3.05) is 0 Å². The van der Waals surface area contributed by atoms with Crippen LogP contribution in [-0.4, -0.2) is 10.1 Å². The zero-order valence-electron chi connectivity index (χ0n) is 8.27. The Hall–Kier alpha value is -1.64. The van der Waals surface area contributed by atoms with Crippen molar-refractivity contribution in [3.8, 4) is 11.5 Å². The number of nitrogens with zero attached hydrogens (tertiary/aromatic N) is 2. The third-order valence-electron chi connectivity index (χ3n) is 1.98. The lowest BCUT2D eigenvalue weighted by Gasteiger charge is -1.93. The van der Waals surface area contributed by atoms with Gasteiger partial charge in [-0.1, -0.05) is 37.2 Å². The lowest BCUT2D eigenvalue weighted by Crippen LogP contribution is -1.89. The van der Waals surface area contributed by atoms with Gasteiger partial charge >= 0.3 is 0 Å². The molecule has 3 nitrogen and oxygen atoms in total. The molecular weight excluding hydrogens is 176 g/mol. The summed E-state index contributed by atoms with van der Waals surface area (Å²) in [7, 11) is 0. The van der Waals surface area contributed by atoms with E-state index in [2.05, 4.69) is 10.1 Å². The van der Waals surface area contributed by atoms with Gasteiger partial charge in [-0.3, -0.25) is 0 Å². The van der Waals surface area contributed by atoms with Gasteiger partial charge in [-0.05, 0) is 12.1 Å². The van der Waals surface area contributed by atoms with Crippen molar-refractivity contribution in [1.82, 2.24) is 10.1 Å². The minimum atomic E-state index is 0.302. The lowest BCUT2D eigenvalue weighted by atomic mass is 10.2. The molecule has 3 heteroatoms. The van der Waals surface area contributed by atoms with Crippen LogP contribution in [0.2, 0.25) is 0 Å². The Morgan fingerprint density at radius 3 is 2.43 bits per heavy atom. The first-order valence-electron chi connectivity index (χ1n) is 4.66. The summed E-state index contributed by atoms with van der Waals surface area (Å²) in [4.78, 5) is 4.30. The predicted octanol–water partition coefficient (Wildman–Crippen LogP) is 2.86. The van der Waals surface area contributed by atoms with Gasteiger partial charge in [0.15, 0.2) is 5.82 Å². The Balaban J connectivity index is 2.34. The van der Waals surface area contributed by atoms with Crippen molar-refractivity contribution in [1.29, 1.82) is 0 Å². The van der Waals surface area contributed by atoms with Crippen LogP contribution in [0.1, 0.15) is 25.6 Å². The molecule has 72 valence electrons. The summed E-state index contributed by atoms with van der Waals surface area (Å²) in [6.07, 6.45) is 0. The second-order valence-electron chi connectivity index (χ2n) is 3.48. The summed E-state index contributed by atoms with van der Waals surface area (Å²) < 4.78 is 5.15. The first-order valence-corrected chi connectivity index (χ1v) is 4.66. The van der Waals surface area contributed by atoms with Gasteiger partial charge in [-0.2, -0.15) is 4.98 Å². The molecule has 0 spiro atoms. The average molecular weight is 188 g/mol. The first-order chi connectivity index (χ1) is 6.77. The Morgan fingerprint density at radius 1 is 1.14 bits per heavy atom. The van der Waals surface area contributed by atoms with E-state index in [-0.39, 0.29) is 0 Å². The van der Waals surface area contributed by atoms with Gasteiger partial charge in [0.25, 0.3) is 5.89 Å². The highest BCUT2D eigenvalue weighted by Gasteiger charge is 2.10. The highest BCUT2D eigenvalue weighted by Crippen LogP contribution is 2.18. The van der Waals surface area contributed by atoms with Crippen LogP contribution < -0.4 is 0 Å². The molecule has 0 aliphatic rings. The molecule has 14 heavy (non-hydrogen) atoms. The van der Waals surface area contributed by atoms with E-state index >= 15 is 0 Å². The monoisotopic (exact) mass is 188 g/mol. The maximum absolute atomic E-state index is 5.15. The molecule has 0 amide bonds. The van der Waals surface area contributed by atoms with Crippen molar-refractivity contribution in [3.05, 3.63) is 36.2 Å². The van der Waals surface area contributed by atoms with Crippen molar-refractivity contribution >= 4 is 0 Å². The van der Waals surface area contributed by atoms with E-state index in [0.29, 0.717) is 11.8 Å². The molecule has 0 bridgehead atoms. The third kappa shape index (κ3) is 1.66. The maximum Gasteiger partial charge on any atom is 0.257 e. The highest BCUT2D eigenvalue weighted by atomic mass is 16.5. The largest absolute Gasteiger partial charge is 0.334 e. The van der Waals surface area contributed by atoms with E-state index in [1.165, 1.54) is 0 Å². The molecule has 0 unspecified atom stereocenters. The van der Waals surface area contributed by atoms with Gasteiger partial charge in [-0.25, -0.2) is 0 Å². The summed E-state index contributed by atoms with van der Waals surface area (Å²) in [5.74, 6) is 1.65. The van der Waals surface area contributed by atoms with Crippen LogP contribution >= 0.6 is 0 Å². The van der Waals surface area contributed by atoms with E-state index in [0.717, 1.165) is 11.4 Å². The van der Waals surface area contributed by atoms with Gasteiger partial charge < -0.3 is 4.52 Å². The van der Waals surface area contributed by atoms with E-state index in [1.54, 1.807) is 0 Å². The Morgan fingerprint density at radius 2 is 1.86 bits per heavy atom. The molecule has 1 aromatic heterocycles.